The zero-order chi connectivity index (χ0) is 19.8. The average molecular weight is 373 g/mol. The molecule has 0 atom stereocenters. The van der Waals surface area contributed by atoms with Crippen molar-refractivity contribution in [3.05, 3.63) is 48.0 Å². The fourth-order valence-corrected chi connectivity index (χ4v) is 2.14. The van der Waals surface area contributed by atoms with Crippen LogP contribution in [0.3, 0.4) is 0 Å². The molecule has 1 amide bonds. The zero-order valence-electron chi connectivity index (χ0n) is 15.1. The molecule has 0 spiro atoms. The van der Waals surface area contributed by atoms with E-state index in [-0.39, 0.29) is 17.9 Å². The van der Waals surface area contributed by atoms with Crippen molar-refractivity contribution in [2.75, 3.05) is 26.1 Å². The molecule has 0 saturated heterocycles. The fraction of sp³-hybridized carbons (Fsp3) is 0.211. The highest BCUT2D eigenvalue weighted by Gasteiger charge is 2.16. The van der Waals surface area contributed by atoms with Crippen LogP contribution in [0.25, 0.3) is 0 Å². The molecule has 8 nitrogen and oxygen atoms in total. The molecular weight excluding hydrogens is 354 g/mol. The van der Waals surface area contributed by atoms with Gasteiger partial charge in [0.05, 0.1) is 14.2 Å². The highest BCUT2D eigenvalue weighted by molar-refractivity contribution is 5.97. The highest BCUT2D eigenvalue weighted by atomic mass is 16.5. The minimum absolute atomic E-state index is 0.0153. The van der Waals surface area contributed by atoms with Gasteiger partial charge in [-0.3, -0.25) is 9.59 Å². The smallest absolute Gasteiger partial charge is 0.341 e. The van der Waals surface area contributed by atoms with Gasteiger partial charge in [0.2, 0.25) is 0 Å². The van der Waals surface area contributed by atoms with E-state index in [1.165, 1.54) is 32.2 Å². The van der Waals surface area contributed by atoms with Gasteiger partial charge in [-0.15, -0.1) is 0 Å². The van der Waals surface area contributed by atoms with Crippen LogP contribution in [0.5, 0.6) is 17.2 Å². The highest BCUT2D eigenvalue weighted by Crippen LogP contribution is 2.24. The van der Waals surface area contributed by atoms with Gasteiger partial charge in [-0.05, 0) is 42.5 Å². The summed E-state index contributed by atoms with van der Waals surface area (Å²) in [6.45, 7) is 0.985. The number of nitrogens with one attached hydrogen (secondary N) is 1. The van der Waals surface area contributed by atoms with Gasteiger partial charge in [0, 0.05) is 12.6 Å². The second-order valence-electron chi connectivity index (χ2n) is 5.31. The molecule has 27 heavy (non-hydrogen) atoms. The number of hydrogen-bond donors (Lipinski definition) is 1. The van der Waals surface area contributed by atoms with Crippen LogP contribution in [-0.4, -0.2) is 38.7 Å². The van der Waals surface area contributed by atoms with Gasteiger partial charge >= 0.3 is 11.9 Å². The van der Waals surface area contributed by atoms with Gasteiger partial charge in [-0.25, -0.2) is 4.79 Å². The number of carbonyl (C=O) groups is 3. The first-order valence-corrected chi connectivity index (χ1v) is 7.90. The van der Waals surface area contributed by atoms with Crippen LogP contribution in [0.15, 0.2) is 42.5 Å². The summed E-state index contributed by atoms with van der Waals surface area (Å²) < 4.78 is 20.1. The number of hydrogen-bond acceptors (Lipinski definition) is 7. The third-order valence-electron chi connectivity index (χ3n) is 3.35. The number of methoxy groups -OCH3 is 2. The van der Waals surface area contributed by atoms with E-state index in [9.17, 15) is 14.4 Å². The number of benzene rings is 2. The SMILES string of the molecule is COC(=O)c1cc(NC(=O)COc2ccc(OC)cc2)ccc1OC(C)=O. The Kier molecular flexibility index (Phi) is 6.76. The van der Waals surface area contributed by atoms with Crippen molar-refractivity contribution in [3.63, 3.8) is 0 Å². The molecule has 2 aromatic carbocycles. The van der Waals surface area contributed by atoms with E-state index in [0.717, 1.165) is 0 Å². The number of amides is 1. The van der Waals surface area contributed by atoms with Crippen molar-refractivity contribution in [1.82, 2.24) is 0 Å². The molecule has 0 unspecified atom stereocenters. The third-order valence-corrected chi connectivity index (χ3v) is 3.35. The van der Waals surface area contributed by atoms with Crippen LogP contribution in [0, 0.1) is 0 Å². The zero-order valence-corrected chi connectivity index (χ0v) is 15.1. The summed E-state index contributed by atoms with van der Waals surface area (Å²) in [6, 6.07) is 11.0. The quantitative estimate of drug-likeness (QED) is 0.588. The maximum Gasteiger partial charge on any atom is 0.341 e. The number of ether oxygens (including phenoxy) is 4. The molecule has 2 rings (SSSR count). The summed E-state index contributed by atoms with van der Waals surface area (Å²) in [5.74, 6) is -0.480. The Morgan fingerprint density at radius 1 is 0.963 bits per heavy atom. The van der Waals surface area contributed by atoms with Crippen LogP contribution in [0.2, 0.25) is 0 Å². The standard InChI is InChI=1S/C19H19NO7/c1-12(21)27-17-9-4-13(10-16(17)19(23)25-3)20-18(22)11-26-15-7-5-14(24-2)6-8-15/h4-10H,11H2,1-3H3,(H,20,22). The van der Waals surface area contributed by atoms with Gasteiger partial charge in [0.1, 0.15) is 22.8 Å². The Morgan fingerprint density at radius 2 is 1.63 bits per heavy atom. The Balaban J connectivity index is 2.03. The third kappa shape index (κ3) is 5.74. The molecule has 0 aliphatic carbocycles. The van der Waals surface area contributed by atoms with Crippen molar-refractivity contribution < 1.29 is 33.3 Å². The van der Waals surface area contributed by atoms with Crippen molar-refractivity contribution in [3.8, 4) is 17.2 Å². The molecular formula is C19H19NO7. The number of rotatable bonds is 7. The fourth-order valence-electron chi connectivity index (χ4n) is 2.14. The van der Waals surface area contributed by atoms with E-state index >= 15 is 0 Å². The Bertz CT molecular complexity index is 830. The predicted octanol–water partition coefficient (Wildman–Crippen LogP) is 2.42. The first kappa shape index (κ1) is 19.8. The second kappa shape index (κ2) is 9.23. The van der Waals surface area contributed by atoms with E-state index in [0.29, 0.717) is 17.2 Å². The van der Waals surface area contributed by atoms with E-state index in [2.05, 4.69) is 10.1 Å². The normalized spacial score (nSPS) is 9.89. The molecule has 2 aromatic rings. The van der Waals surface area contributed by atoms with E-state index in [4.69, 9.17) is 14.2 Å². The van der Waals surface area contributed by atoms with Crippen LogP contribution in [0.4, 0.5) is 5.69 Å². The van der Waals surface area contributed by atoms with E-state index < -0.39 is 17.8 Å². The Labute approximate surface area is 156 Å². The van der Waals surface area contributed by atoms with Crippen molar-refractivity contribution >= 4 is 23.5 Å². The summed E-state index contributed by atoms with van der Waals surface area (Å²) >= 11 is 0. The topological polar surface area (TPSA) is 100 Å². The second-order valence-corrected chi connectivity index (χ2v) is 5.31. The minimum Gasteiger partial charge on any atom is -0.497 e. The molecule has 8 heteroatoms. The largest absolute Gasteiger partial charge is 0.497 e. The molecule has 0 radical (unpaired) electrons. The maximum atomic E-state index is 12.1. The molecule has 0 saturated carbocycles. The van der Waals surface area contributed by atoms with E-state index in [1.54, 1.807) is 31.4 Å². The van der Waals surface area contributed by atoms with Gasteiger partial charge in [0.15, 0.2) is 6.61 Å². The molecule has 0 heterocycles. The lowest BCUT2D eigenvalue weighted by Gasteiger charge is -2.11. The predicted molar refractivity (Wildman–Crippen MR) is 96.2 cm³/mol. The molecule has 0 bridgehead atoms. The average Bonchev–Trinajstić information content (AvgIpc) is 2.67. The number of anilines is 1. The van der Waals surface area contributed by atoms with Crippen molar-refractivity contribution in [1.29, 1.82) is 0 Å². The van der Waals surface area contributed by atoms with Crippen molar-refractivity contribution in [2.24, 2.45) is 0 Å². The van der Waals surface area contributed by atoms with Gasteiger partial charge in [-0.1, -0.05) is 0 Å². The Morgan fingerprint density at radius 3 is 2.22 bits per heavy atom. The van der Waals surface area contributed by atoms with Crippen LogP contribution >= 0.6 is 0 Å². The summed E-state index contributed by atoms with van der Waals surface area (Å²) in [4.78, 5) is 35.0. The molecule has 0 aromatic heterocycles. The van der Waals surface area contributed by atoms with Gasteiger partial charge in [-0.2, -0.15) is 0 Å². The number of carbonyl (C=O) groups excluding carboxylic acids is 3. The van der Waals surface area contributed by atoms with E-state index in [1.807, 2.05) is 0 Å². The molecule has 0 fully saturated rings. The maximum absolute atomic E-state index is 12.1. The minimum atomic E-state index is -0.697. The summed E-state index contributed by atoms with van der Waals surface area (Å²) in [7, 11) is 2.76. The lowest BCUT2D eigenvalue weighted by Crippen LogP contribution is -2.20. The molecule has 0 aliphatic heterocycles. The monoisotopic (exact) mass is 373 g/mol. The van der Waals surface area contributed by atoms with Gasteiger partial charge < -0.3 is 24.3 Å². The van der Waals surface area contributed by atoms with Crippen molar-refractivity contribution in [2.45, 2.75) is 6.92 Å². The lowest BCUT2D eigenvalue weighted by molar-refractivity contribution is -0.131. The summed E-state index contributed by atoms with van der Waals surface area (Å²) in [5, 5.41) is 2.60. The summed E-state index contributed by atoms with van der Waals surface area (Å²) in [6.07, 6.45) is 0. The molecule has 1 N–H and O–H groups in total. The summed E-state index contributed by atoms with van der Waals surface area (Å²) in [5.41, 5.74) is 0.344. The molecule has 0 aliphatic rings. The van der Waals surface area contributed by atoms with Crippen LogP contribution < -0.4 is 19.5 Å². The first-order valence-electron chi connectivity index (χ1n) is 7.90. The Hall–Kier alpha value is -3.55. The lowest BCUT2D eigenvalue weighted by atomic mass is 10.1. The number of esters is 2. The van der Waals surface area contributed by atoms with Crippen LogP contribution in [0.1, 0.15) is 17.3 Å². The van der Waals surface area contributed by atoms with Gasteiger partial charge in [0.25, 0.3) is 5.91 Å². The van der Waals surface area contributed by atoms with Crippen LogP contribution in [-0.2, 0) is 14.3 Å². The first-order chi connectivity index (χ1) is 12.9. The molecule has 142 valence electrons.